The third-order valence-electron chi connectivity index (χ3n) is 8.60. The van der Waals surface area contributed by atoms with Crippen LogP contribution in [-0.4, -0.2) is 85.6 Å². The molecule has 0 amide bonds. The van der Waals surface area contributed by atoms with Crippen molar-refractivity contribution in [2.45, 2.75) is 63.6 Å². The van der Waals surface area contributed by atoms with Gasteiger partial charge in [0.05, 0.1) is 30.4 Å². The largest absolute Gasteiger partial charge is 0.381 e. The number of nitrogens with one attached hydrogen (secondary N) is 1. The molecule has 4 aromatic heterocycles. The number of hydrogen-bond acceptors (Lipinski definition) is 8. The lowest BCUT2D eigenvalue weighted by Crippen LogP contribution is -2.46. The summed E-state index contributed by atoms with van der Waals surface area (Å²) in [6.45, 7) is 7.54. The monoisotopic (exact) mass is 516 g/mol. The number of hydrogen-bond donors (Lipinski definition) is 1. The van der Waals surface area contributed by atoms with E-state index < -0.39 is 0 Å². The summed E-state index contributed by atoms with van der Waals surface area (Å²) in [6, 6.07) is 5.82. The van der Waals surface area contributed by atoms with Crippen molar-refractivity contribution in [3.05, 3.63) is 36.5 Å². The first-order chi connectivity index (χ1) is 18.7. The van der Waals surface area contributed by atoms with Crippen LogP contribution >= 0.6 is 0 Å². The van der Waals surface area contributed by atoms with Crippen LogP contribution in [-0.2, 0) is 9.47 Å². The Morgan fingerprint density at radius 2 is 1.66 bits per heavy atom. The zero-order valence-corrected chi connectivity index (χ0v) is 22.1. The molecular weight excluding hydrogens is 480 g/mol. The molecule has 1 N–H and O–H groups in total. The molecule has 2 saturated heterocycles. The molecule has 1 saturated carbocycles. The number of rotatable bonds is 5. The summed E-state index contributed by atoms with van der Waals surface area (Å²) < 4.78 is 15.4. The zero-order chi connectivity index (χ0) is 25.5. The molecule has 7 rings (SSSR count). The topological polar surface area (TPSA) is 94.6 Å². The van der Waals surface area contributed by atoms with Gasteiger partial charge in [-0.15, -0.1) is 5.10 Å². The van der Waals surface area contributed by atoms with E-state index in [4.69, 9.17) is 29.5 Å². The molecule has 6 heterocycles. The lowest BCUT2D eigenvalue weighted by Gasteiger charge is -2.38. The Morgan fingerprint density at radius 1 is 0.868 bits per heavy atom. The van der Waals surface area contributed by atoms with Gasteiger partial charge in [-0.2, -0.15) is 0 Å². The first-order valence-electron chi connectivity index (χ1n) is 14.1. The smallest absolute Gasteiger partial charge is 0.241 e. The average molecular weight is 517 g/mol. The number of morpholine rings is 1. The van der Waals surface area contributed by atoms with Crippen molar-refractivity contribution in [3.63, 3.8) is 0 Å². The highest BCUT2D eigenvalue weighted by Crippen LogP contribution is 2.32. The second-order valence-corrected chi connectivity index (χ2v) is 10.9. The van der Waals surface area contributed by atoms with E-state index in [9.17, 15) is 0 Å². The van der Waals surface area contributed by atoms with Gasteiger partial charge in [0, 0.05) is 67.9 Å². The van der Waals surface area contributed by atoms with E-state index >= 15 is 0 Å². The highest BCUT2D eigenvalue weighted by atomic mass is 16.5. The predicted molar refractivity (Wildman–Crippen MR) is 145 cm³/mol. The van der Waals surface area contributed by atoms with E-state index in [1.807, 2.05) is 23.1 Å². The third kappa shape index (κ3) is 4.54. The van der Waals surface area contributed by atoms with Gasteiger partial charge in [-0.05, 0) is 57.6 Å². The van der Waals surface area contributed by atoms with Crippen LogP contribution in [0.1, 0.15) is 50.4 Å². The van der Waals surface area contributed by atoms with Crippen molar-refractivity contribution < 1.29 is 9.47 Å². The van der Waals surface area contributed by atoms with Crippen molar-refractivity contribution in [2.75, 3.05) is 44.8 Å². The van der Waals surface area contributed by atoms with Gasteiger partial charge in [0.15, 0.2) is 5.65 Å². The summed E-state index contributed by atoms with van der Waals surface area (Å²) in [4.78, 5) is 16.8. The number of ether oxygens (including phenoxy) is 2. The number of nitrogens with zero attached hydrogens (tertiary/aromatic N) is 7. The lowest BCUT2D eigenvalue weighted by atomic mass is 9.90. The van der Waals surface area contributed by atoms with Crippen LogP contribution in [0.4, 0.5) is 5.95 Å². The Balaban J connectivity index is 1.09. The van der Waals surface area contributed by atoms with Gasteiger partial charge in [-0.25, -0.2) is 19.5 Å². The Kier molecular flexibility index (Phi) is 6.46. The Morgan fingerprint density at radius 3 is 2.47 bits per heavy atom. The first-order valence-corrected chi connectivity index (χ1v) is 14.1. The summed E-state index contributed by atoms with van der Waals surface area (Å²) in [7, 11) is 0. The number of pyridine rings is 1. The van der Waals surface area contributed by atoms with Crippen molar-refractivity contribution in [3.8, 4) is 11.1 Å². The quantitative estimate of drug-likeness (QED) is 0.427. The highest BCUT2D eigenvalue weighted by Gasteiger charge is 2.27. The molecule has 0 atom stereocenters. The van der Waals surface area contributed by atoms with Gasteiger partial charge in [-0.1, -0.05) is 0 Å². The van der Waals surface area contributed by atoms with Crippen molar-refractivity contribution in [1.29, 1.82) is 0 Å². The molecule has 10 heteroatoms. The highest BCUT2D eigenvalue weighted by molar-refractivity contribution is 5.85. The number of imidazole rings is 1. The van der Waals surface area contributed by atoms with Crippen LogP contribution < -0.4 is 5.32 Å². The van der Waals surface area contributed by atoms with Gasteiger partial charge in [0.2, 0.25) is 5.95 Å². The molecule has 3 aliphatic rings. The van der Waals surface area contributed by atoms with Crippen LogP contribution in [0.2, 0.25) is 0 Å². The molecule has 4 aromatic rings. The minimum Gasteiger partial charge on any atom is -0.381 e. The van der Waals surface area contributed by atoms with Crippen molar-refractivity contribution >= 4 is 22.6 Å². The number of aromatic nitrogens is 6. The van der Waals surface area contributed by atoms with Gasteiger partial charge < -0.3 is 19.4 Å². The number of fused-ring (bicyclic) bond motifs is 2. The maximum atomic E-state index is 5.59. The fraction of sp³-hybridized carbons (Fsp3) is 0.571. The Hall–Kier alpha value is -3.08. The normalized spacial score (nSPS) is 23.8. The van der Waals surface area contributed by atoms with Crippen LogP contribution in [0.3, 0.4) is 0 Å². The second-order valence-electron chi connectivity index (χ2n) is 10.9. The van der Waals surface area contributed by atoms with Gasteiger partial charge >= 0.3 is 0 Å². The molecule has 0 unspecified atom stereocenters. The summed E-state index contributed by atoms with van der Waals surface area (Å²) in [6.07, 6.45) is 12.6. The van der Waals surface area contributed by atoms with Crippen LogP contribution in [0.25, 0.3) is 27.8 Å². The van der Waals surface area contributed by atoms with Crippen molar-refractivity contribution in [1.82, 2.24) is 34.0 Å². The molecule has 0 bridgehead atoms. The SMILES string of the molecule is Cc1nc2ncc(-c3ccn4nc(N[C@H]5CC[C@H](N6CCOCC6)CC5)ncc34)cc2n1C1CCOCC1. The minimum atomic E-state index is 0.400. The lowest BCUT2D eigenvalue weighted by molar-refractivity contribution is 0.00790. The van der Waals surface area contributed by atoms with E-state index in [1.54, 1.807) is 0 Å². The third-order valence-corrected chi connectivity index (χ3v) is 8.60. The van der Waals surface area contributed by atoms with E-state index in [2.05, 4.69) is 33.8 Å². The molecule has 0 aromatic carbocycles. The Labute approximate surface area is 222 Å². The molecule has 10 nitrogen and oxygen atoms in total. The summed E-state index contributed by atoms with van der Waals surface area (Å²) in [5, 5.41) is 8.39. The summed E-state index contributed by atoms with van der Waals surface area (Å²) in [5.74, 6) is 1.70. The summed E-state index contributed by atoms with van der Waals surface area (Å²) in [5.41, 5.74) is 4.99. The first kappa shape index (κ1) is 24.0. The number of aryl methyl sites for hydroxylation is 1. The maximum Gasteiger partial charge on any atom is 0.241 e. The second kappa shape index (κ2) is 10.2. The minimum absolute atomic E-state index is 0.400. The maximum absolute atomic E-state index is 5.59. The van der Waals surface area contributed by atoms with Crippen LogP contribution in [0.5, 0.6) is 0 Å². The molecular formula is C28H36N8O2. The Bertz CT molecular complexity index is 1410. The van der Waals surface area contributed by atoms with Gasteiger partial charge in [0.1, 0.15) is 5.82 Å². The van der Waals surface area contributed by atoms with Crippen LogP contribution in [0.15, 0.2) is 30.7 Å². The van der Waals surface area contributed by atoms with Gasteiger partial charge in [-0.3, -0.25) is 4.90 Å². The van der Waals surface area contributed by atoms with E-state index in [0.29, 0.717) is 24.1 Å². The van der Waals surface area contributed by atoms with E-state index in [0.717, 1.165) is 98.8 Å². The van der Waals surface area contributed by atoms with Crippen LogP contribution in [0, 0.1) is 6.92 Å². The molecule has 0 radical (unpaired) electrons. The fourth-order valence-corrected chi connectivity index (χ4v) is 6.56. The predicted octanol–water partition coefficient (Wildman–Crippen LogP) is 3.86. The number of anilines is 1. The van der Waals surface area contributed by atoms with E-state index in [-0.39, 0.29) is 0 Å². The standard InChI is InChI=1S/C28H36N8O2/c1-19-31-27-25(36(19)23-7-12-37-13-8-23)16-20(17-29-27)24-6-9-35-26(24)18-30-28(33-35)32-21-2-4-22(5-3-21)34-10-14-38-15-11-34/h6,9,16-18,21-23H,2-5,7-8,10-15H2,1H3,(H,32,33)/t21-,22-. The van der Waals surface area contributed by atoms with Gasteiger partial charge in [0.25, 0.3) is 0 Å². The fourth-order valence-electron chi connectivity index (χ4n) is 6.56. The molecule has 200 valence electrons. The zero-order valence-electron chi connectivity index (χ0n) is 22.1. The van der Waals surface area contributed by atoms with Crippen molar-refractivity contribution in [2.24, 2.45) is 0 Å². The molecule has 3 fully saturated rings. The molecule has 1 aliphatic carbocycles. The molecule has 38 heavy (non-hydrogen) atoms. The summed E-state index contributed by atoms with van der Waals surface area (Å²) >= 11 is 0. The van der Waals surface area contributed by atoms with E-state index in [1.165, 1.54) is 12.8 Å². The molecule has 2 aliphatic heterocycles. The average Bonchev–Trinajstić information content (AvgIpc) is 3.53. The molecule has 0 spiro atoms.